The highest BCUT2D eigenvalue weighted by atomic mass is 19.1. The summed E-state index contributed by atoms with van der Waals surface area (Å²) in [7, 11) is 0. The van der Waals surface area contributed by atoms with Crippen LogP contribution in [0.3, 0.4) is 0 Å². The Hall–Kier alpha value is -1.09. The molecule has 0 fully saturated rings. The topological polar surface area (TPSA) is 23.5 Å². The van der Waals surface area contributed by atoms with E-state index in [1.54, 1.807) is 0 Å². The first-order chi connectivity index (χ1) is 6.71. The standard InChI is InChI=1S/C11H16FNO/c1-3-13(4-2)11-6-9(8-14)5-10(12)7-11/h5-7,14H,3-4,8H2,1-2H3. The summed E-state index contributed by atoms with van der Waals surface area (Å²) in [6.45, 7) is 5.60. The number of halogens is 1. The molecule has 2 nitrogen and oxygen atoms in total. The molecule has 0 aromatic heterocycles. The number of hydrogen-bond donors (Lipinski definition) is 1. The van der Waals surface area contributed by atoms with Gasteiger partial charge in [-0.3, -0.25) is 0 Å². The van der Waals surface area contributed by atoms with Crippen LogP contribution in [0.15, 0.2) is 18.2 Å². The minimum absolute atomic E-state index is 0.119. The number of aliphatic hydroxyl groups is 1. The SMILES string of the molecule is CCN(CC)c1cc(F)cc(CO)c1. The van der Waals surface area contributed by atoms with Crippen molar-refractivity contribution in [2.24, 2.45) is 0 Å². The lowest BCUT2D eigenvalue weighted by atomic mass is 10.2. The lowest BCUT2D eigenvalue weighted by Crippen LogP contribution is -2.22. The molecule has 1 aromatic carbocycles. The van der Waals surface area contributed by atoms with Crippen LogP contribution in [0.25, 0.3) is 0 Å². The van der Waals surface area contributed by atoms with Gasteiger partial charge in [-0.2, -0.15) is 0 Å². The summed E-state index contributed by atoms with van der Waals surface area (Å²) in [6, 6.07) is 4.66. The zero-order valence-corrected chi connectivity index (χ0v) is 8.63. The van der Waals surface area contributed by atoms with Crippen LogP contribution in [-0.4, -0.2) is 18.2 Å². The first kappa shape index (κ1) is 11.0. The molecule has 0 radical (unpaired) electrons. The second-order valence-electron chi connectivity index (χ2n) is 3.15. The van der Waals surface area contributed by atoms with Crippen LogP contribution in [0.4, 0.5) is 10.1 Å². The third-order valence-electron chi connectivity index (χ3n) is 2.25. The molecule has 0 heterocycles. The Morgan fingerprint density at radius 1 is 1.21 bits per heavy atom. The average molecular weight is 197 g/mol. The normalized spacial score (nSPS) is 10.3. The van der Waals surface area contributed by atoms with Gasteiger partial charge >= 0.3 is 0 Å². The summed E-state index contributed by atoms with van der Waals surface area (Å²) in [4.78, 5) is 2.04. The number of aliphatic hydroxyl groups excluding tert-OH is 1. The van der Waals surface area contributed by atoms with E-state index in [-0.39, 0.29) is 12.4 Å². The zero-order valence-electron chi connectivity index (χ0n) is 8.63. The first-order valence-electron chi connectivity index (χ1n) is 4.86. The fraction of sp³-hybridized carbons (Fsp3) is 0.455. The highest BCUT2D eigenvalue weighted by Gasteiger charge is 2.05. The molecular weight excluding hydrogens is 181 g/mol. The molecule has 0 aliphatic carbocycles. The van der Waals surface area contributed by atoms with Gasteiger partial charge in [0.15, 0.2) is 0 Å². The van der Waals surface area contributed by atoms with Gasteiger partial charge in [0.2, 0.25) is 0 Å². The zero-order chi connectivity index (χ0) is 10.6. The summed E-state index contributed by atoms with van der Waals surface area (Å²) in [6.07, 6.45) is 0. The summed E-state index contributed by atoms with van der Waals surface area (Å²) >= 11 is 0. The second kappa shape index (κ2) is 4.96. The van der Waals surface area contributed by atoms with Crippen LogP contribution >= 0.6 is 0 Å². The van der Waals surface area contributed by atoms with Crippen LogP contribution in [0.2, 0.25) is 0 Å². The summed E-state index contributed by atoms with van der Waals surface area (Å²) in [5.74, 6) is -0.293. The van der Waals surface area contributed by atoms with Crippen molar-refractivity contribution in [3.05, 3.63) is 29.6 Å². The van der Waals surface area contributed by atoms with Crippen LogP contribution in [0, 0.1) is 5.82 Å². The third-order valence-corrected chi connectivity index (χ3v) is 2.25. The maximum Gasteiger partial charge on any atom is 0.125 e. The van der Waals surface area contributed by atoms with Crippen molar-refractivity contribution in [2.45, 2.75) is 20.5 Å². The van der Waals surface area contributed by atoms with Crippen molar-refractivity contribution in [1.82, 2.24) is 0 Å². The molecule has 0 unspecified atom stereocenters. The maximum atomic E-state index is 13.1. The van der Waals surface area contributed by atoms with Gasteiger partial charge in [-0.25, -0.2) is 4.39 Å². The number of hydrogen-bond acceptors (Lipinski definition) is 2. The third kappa shape index (κ3) is 2.45. The van der Waals surface area contributed by atoms with Crippen molar-refractivity contribution in [3.63, 3.8) is 0 Å². The van der Waals surface area contributed by atoms with E-state index in [1.165, 1.54) is 12.1 Å². The van der Waals surface area contributed by atoms with E-state index in [9.17, 15) is 4.39 Å². The molecule has 0 aliphatic rings. The molecule has 0 atom stereocenters. The molecule has 1 rings (SSSR count). The molecule has 0 amide bonds. The minimum Gasteiger partial charge on any atom is -0.392 e. The van der Waals surface area contributed by atoms with Crippen molar-refractivity contribution in [3.8, 4) is 0 Å². The second-order valence-corrected chi connectivity index (χ2v) is 3.15. The van der Waals surface area contributed by atoms with Crippen LogP contribution in [0.5, 0.6) is 0 Å². The molecule has 0 saturated heterocycles. The molecule has 78 valence electrons. The minimum atomic E-state index is -0.293. The van der Waals surface area contributed by atoms with Gasteiger partial charge in [0.05, 0.1) is 6.61 Å². The van der Waals surface area contributed by atoms with E-state index < -0.39 is 0 Å². The van der Waals surface area contributed by atoms with Gasteiger partial charge in [-0.05, 0) is 37.6 Å². The Labute approximate surface area is 84.0 Å². The van der Waals surface area contributed by atoms with E-state index >= 15 is 0 Å². The number of benzene rings is 1. The van der Waals surface area contributed by atoms with Gasteiger partial charge in [0, 0.05) is 18.8 Å². The van der Waals surface area contributed by atoms with Gasteiger partial charge < -0.3 is 10.0 Å². The largest absolute Gasteiger partial charge is 0.392 e. The summed E-state index contributed by atoms with van der Waals surface area (Å²) in [5.41, 5.74) is 1.45. The van der Waals surface area contributed by atoms with Crippen LogP contribution < -0.4 is 4.90 Å². The van der Waals surface area contributed by atoms with Crippen molar-refractivity contribution >= 4 is 5.69 Å². The lowest BCUT2D eigenvalue weighted by molar-refractivity contribution is 0.281. The van der Waals surface area contributed by atoms with E-state index in [0.29, 0.717) is 5.56 Å². The lowest BCUT2D eigenvalue weighted by Gasteiger charge is -2.21. The summed E-state index contributed by atoms with van der Waals surface area (Å²) < 4.78 is 13.1. The van der Waals surface area contributed by atoms with E-state index in [1.807, 2.05) is 24.8 Å². The van der Waals surface area contributed by atoms with E-state index in [0.717, 1.165) is 18.8 Å². The molecule has 0 bridgehead atoms. The fourth-order valence-corrected chi connectivity index (χ4v) is 1.50. The Morgan fingerprint density at radius 2 is 1.86 bits per heavy atom. The van der Waals surface area contributed by atoms with E-state index in [2.05, 4.69) is 0 Å². The fourth-order valence-electron chi connectivity index (χ4n) is 1.50. The van der Waals surface area contributed by atoms with Gasteiger partial charge in [-0.1, -0.05) is 0 Å². The quantitative estimate of drug-likeness (QED) is 0.799. The Balaban J connectivity index is 3.01. The Bertz CT molecular complexity index is 297. The van der Waals surface area contributed by atoms with Gasteiger partial charge in [0.1, 0.15) is 5.82 Å². The smallest absolute Gasteiger partial charge is 0.125 e. The van der Waals surface area contributed by atoms with E-state index in [4.69, 9.17) is 5.11 Å². The number of anilines is 1. The molecule has 0 spiro atoms. The molecule has 3 heteroatoms. The predicted octanol–water partition coefficient (Wildman–Crippen LogP) is 2.16. The molecule has 1 N–H and O–H groups in total. The van der Waals surface area contributed by atoms with Gasteiger partial charge in [0.25, 0.3) is 0 Å². The van der Waals surface area contributed by atoms with Crippen molar-refractivity contribution in [1.29, 1.82) is 0 Å². The first-order valence-corrected chi connectivity index (χ1v) is 4.86. The number of nitrogens with zero attached hydrogens (tertiary/aromatic N) is 1. The molecule has 1 aromatic rings. The van der Waals surface area contributed by atoms with Crippen LogP contribution in [0.1, 0.15) is 19.4 Å². The highest BCUT2D eigenvalue weighted by Crippen LogP contribution is 2.18. The Kier molecular flexibility index (Phi) is 3.89. The molecule has 0 saturated carbocycles. The van der Waals surface area contributed by atoms with Crippen molar-refractivity contribution < 1.29 is 9.50 Å². The Morgan fingerprint density at radius 3 is 2.36 bits per heavy atom. The maximum absolute atomic E-state index is 13.1. The highest BCUT2D eigenvalue weighted by molar-refractivity contribution is 5.48. The van der Waals surface area contributed by atoms with Crippen LogP contribution in [-0.2, 0) is 6.61 Å². The number of rotatable bonds is 4. The van der Waals surface area contributed by atoms with Gasteiger partial charge in [-0.15, -0.1) is 0 Å². The molecular formula is C11H16FNO. The molecule has 14 heavy (non-hydrogen) atoms. The molecule has 0 aliphatic heterocycles. The predicted molar refractivity (Wildman–Crippen MR) is 55.9 cm³/mol. The van der Waals surface area contributed by atoms with Crippen molar-refractivity contribution in [2.75, 3.05) is 18.0 Å². The summed E-state index contributed by atoms with van der Waals surface area (Å²) in [5, 5.41) is 8.93. The monoisotopic (exact) mass is 197 g/mol. The average Bonchev–Trinajstić information content (AvgIpc) is 2.19.